The van der Waals surface area contributed by atoms with Gasteiger partial charge in [-0.1, -0.05) is 54.1 Å². The molecule has 4 aromatic carbocycles. The number of benzene rings is 4. The fourth-order valence-corrected chi connectivity index (χ4v) is 4.15. The molecule has 4 aromatic rings. The van der Waals surface area contributed by atoms with E-state index >= 15 is 0 Å². The minimum atomic E-state index is -0.372. The van der Waals surface area contributed by atoms with E-state index in [1.165, 1.54) is 7.11 Å². The van der Waals surface area contributed by atoms with Gasteiger partial charge in [0.2, 0.25) is 0 Å². The van der Waals surface area contributed by atoms with Gasteiger partial charge in [0.05, 0.1) is 25.5 Å². The van der Waals surface area contributed by atoms with E-state index in [1.807, 2.05) is 73.7 Å². The summed E-state index contributed by atoms with van der Waals surface area (Å²) in [7, 11) is 1.54. The Morgan fingerprint density at radius 2 is 1.74 bits per heavy atom. The van der Waals surface area contributed by atoms with E-state index in [9.17, 15) is 4.79 Å². The highest BCUT2D eigenvalue weighted by Crippen LogP contribution is 2.34. The van der Waals surface area contributed by atoms with Crippen LogP contribution >= 0.6 is 11.6 Å². The normalized spacial score (nSPS) is 10.9. The highest BCUT2D eigenvalue weighted by atomic mass is 35.5. The minimum Gasteiger partial charge on any atom is -0.496 e. The number of nitrogens with one attached hydrogen (secondary N) is 1. The number of rotatable bonds is 11. The number of carbonyl (C=O) groups excluding carboxylic acids is 1. The van der Waals surface area contributed by atoms with Crippen molar-refractivity contribution in [2.45, 2.75) is 20.0 Å². The number of hydrazone groups is 1. The van der Waals surface area contributed by atoms with Crippen LogP contribution in [0.5, 0.6) is 17.2 Å². The van der Waals surface area contributed by atoms with Crippen LogP contribution in [-0.2, 0) is 13.0 Å². The summed E-state index contributed by atoms with van der Waals surface area (Å²) in [6.45, 7) is 6.61. The Bertz CT molecular complexity index is 1470. The lowest BCUT2D eigenvalue weighted by atomic mass is 10.1. The first-order chi connectivity index (χ1) is 18.5. The zero-order valence-electron chi connectivity index (χ0n) is 21.4. The quantitative estimate of drug-likeness (QED) is 0.130. The van der Waals surface area contributed by atoms with Gasteiger partial charge >= 0.3 is 0 Å². The Morgan fingerprint density at radius 1 is 1.00 bits per heavy atom. The van der Waals surface area contributed by atoms with E-state index in [2.05, 4.69) is 17.1 Å². The molecular formula is C31H29ClN2O4. The average molecular weight is 529 g/mol. The summed E-state index contributed by atoms with van der Waals surface area (Å²) in [5, 5.41) is 6.79. The Kier molecular flexibility index (Phi) is 9.01. The van der Waals surface area contributed by atoms with E-state index in [0.717, 1.165) is 27.5 Å². The lowest BCUT2D eigenvalue weighted by Crippen LogP contribution is -2.18. The standard InChI is InChI=1S/C31H29ClN2O4/c1-4-8-25-15-22(16-29(37-5-2)30(25)38-20-21-11-13-26(32)14-12-21)19-33-34-31(35)27-17-23-9-6-7-10-24(23)18-28(27)36-3/h4,6-7,9-19H,1,5,8,20H2,2-3H3,(H,34,35)/b33-19-. The second kappa shape index (κ2) is 12.8. The number of hydrogen-bond acceptors (Lipinski definition) is 5. The van der Waals surface area contributed by atoms with Crippen LogP contribution in [0.2, 0.25) is 5.02 Å². The summed E-state index contributed by atoms with van der Waals surface area (Å²) in [6, 6.07) is 22.7. The van der Waals surface area contributed by atoms with Crippen molar-refractivity contribution in [3.63, 3.8) is 0 Å². The maximum atomic E-state index is 12.9. The summed E-state index contributed by atoms with van der Waals surface area (Å²) in [5.41, 5.74) is 5.63. The number of allylic oxidation sites excluding steroid dienone is 1. The lowest BCUT2D eigenvalue weighted by molar-refractivity contribution is 0.0952. The molecule has 1 amide bonds. The lowest BCUT2D eigenvalue weighted by Gasteiger charge is -2.17. The number of nitrogens with zero attached hydrogens (tertiary/aromatic N) is 1. The monoisotopic (exact) mass is 528 g/mol. The van der Waals surface area contributed by atoms with Gasteiger partial charge in [0.1, 0.15) is 12.4 Å². The molecule has 0 fully saturated rings. The molecule has 7 heteroatoms. The van der Waals surface area contributed by atoms with Crippen LogP contribution < -0.4 is 19.6 Å². The van der Waals surface area contributed by atoms with Gasteiger partial charge in [0.25, 0.3) is 5.91 Å². The smallest absolute Gasteiger partial charge is 0.275 e. The molecule has 4 rings (SSSR count). The van der Waals surface area contributed by atoms with Gasteiger partial charge in [0.15, 0.2) is 11.5 Å². The predicted molar refractivity (Wildman–Crippen MR) is 153 cm³/mol. The zero-order valence-corrected chi connectivity index (χ0v) is 22.1. The van der Waals surface area contributed by atoms with Gasteiger partial charge in [-0.15, -0.1) is 6.58 Å². The fourth-order valence-electron chi connectivity index (χ4n) is 4.02. The van der Waals surface area contributed by atoms with Gasteiger partial charge < -0.3 is 14.2 Å². The van der Waals surface area contributed by atoms with Crippen LogP contribution in [0, 0.1) is 0 Å². The van der Waals surface area contributed by atoms with E-state index in [1.54, 1.807) is 18.4 Å². The summed E-state index contributed by atoms with van der Waals surface area (Å²) in [5.74, 6) is 1.34. The van der Waals surface area contributed by atoms with Crippen molar-refractivity contribution in [2.24, 2.45) is 5.10 Å². The second-order valence-corrected chi connectivity index (χ2v) is 8.88. The van der Waals surface area contributed by atoms with Gasteiger partial charge in [-0.2, -0.15) is 5.10 Å². The molecule has 6 nitrogen and oxygen atoms in total. The first-order valence-corrected chi connectivity index (χ1v) is 12.6. The second-order valence-electron chi connectivity index (χ2n) is 8.45. The number of fused-ring (bicyclic) bond motifs is 1. The topological polar surface area (TPSA) is 69.2 Å². The number of halogens is 1. The van der Waals surface area contributed by atoms with Crippen molar-refractivity contribution in [2.75, 3.05) is 13.7 Å². The molecule has 38 heavy (non-hydrogen) atoms. The molecule has 0 atom stereocenters. The van der Waals surface area contributed by atoms with E-state index < -0.39 is 0 Å². The SMILES string of the molecule is C=CCc1cc(/C=N\NC(=O)c2cc3ccccc3cc2OC)cc(OCC)c1OCc1ccc(Cl)cc1. The molecule has 0 unspecified atom stereocenters. The van der Waals surface area contributed by atoms with E-state index in [-0.39, 0.29) is 5.91 Å². The number of hydrogen-bond donors (Lipinski definition) is 1. The molecule has 1 N–H and O–H groups in total. The fraction of sp³-hybridized carbons (Fsp3) is 0.161. The molecule has 0 aliphatic rings. The van der Waals surface area contributed by atoms with E-state index in [4.69, 9.17) is 25.8 Å². The molecule has 0 aromatic heterocycles. The molecule has 0 heterocycles. The summed E-state index contributed by atoms with van der Waals surface area (Å²) in [6.07, 6.45) is 3.94. The molecule has 0 spiro atoms. The summed E-state index contributed by atoms with van der Waals surface area (Å²) in [4.78, 5) is 12.9. The predicted octanol–water partition coefficient (Wildman–Crippen LogP) is 6.97. The Morgan fingerprint density at radius 3 is 2.42 bits per heavy atom. The summed E-state index contributed by atoms with van der Waals surface area (Å²) >= 11 is 6.00. The molecule has 194 valence electrons. The number of amides is 1. The van der Waals surface area contributed by atoms with Crippen molar-refractivity contribution < 1.29 is 19.0 Å². The van der Waals surface area contributed by atoms with Crippen LogP contribution in [-0.4, -0.2) is 25.8 Å². The molecule has 0 aliphatic carbocycles. The molecule has 0 saturated heterocycles. The van der Waals surface area contributed by atoms with Gasteiger partial charge in [0, 0.05) is 10.6 Å². The average Bonchev–Trinajstić information content (AvgIpc) is 2.93. The maximum Gasteiger partial charge on any atom is 0.275 e. The van der Waals surface area contributed by atoms with Crippen molar-refractivity contribution in [3.8, 4) is 17.2 Å². The number of methoxy groups -OCH3 is 1. The van der Waals surface area contributed by atoms with Crippen LogP contribution in [0.15, 0.2) is 90.6 Å². The number of carbonyl (C=O) groups is 1. The highest BCUT2D eigenvalue weighted by Gasteiger charge is 2.15. The largest absolute Gasteiger partial charge is 0.496 e. The summed E-state index contributed by atoms with van der Waals surface area (Å²) < 4.78 is 17.5. The minimum absolute atomic E-state index is 0.360. The Labute approximate surface area is 227 Å². The van der Waals surface area contributed by atoms with E-state index in [0.29, 0.717) is 47.5 Å². The zero-order chi connectivity index (χ0) is 26.9. The van der Waals surface area contributed by atoms with Gasteiger partial charge in [-0.3, -0.25) is 4.79 Å². The molecule has 0 bridgehead atoms. The van der Waals surface area contributed by atoms with Gasteiger partial charge in [-0.05, 0) is 71.6 Å². The maximum absolute atomic E-state index is 12.9. The third-order valence-corrected chi connectivity index (χ3v) is 6.06. The molecule has 0 radical (unpaired) electrons. The third kappa shape index (κ3) is 6.52. The first-order valence-electron chi connectivity index (χ1n) is 12.2. The van der Waals surface area contributed by atoms with Crippen LogP contribution in [0.25, 0.3) is 10.8 Å². The number of ether oxygens (including phenoxy) is 3. The Balaban J connectivity index is 1.55. The highest BCUT2D eigenvalue weighted by molar-refractivity contribution is 6.30. The van der Waals surface area contributed by atoms with Crippen LogP contribution in [0.3, 0.4) is 0 Å². The van der Waals surface area contributed by atoms with Crippen molar-refractivity contribution in [3.05, 3.63) is 113 Å². The van der Waals surface area contributed by atoms with Crippen LogP contribution in [0.1, 0.15) is 34.0 Å². The third-order valence-electron chi connectivity index (χ3n) is 5.81. The van der Waals surface area contributed by atoms with Crippen molar-refractivity contribution >= 4 is 34.5 Å². The van der Waals surface area contributed by atoms with Crippen molar-refractivity contribution in [1.29, 1.82) is 0 Å². The Hall–Kier alpha value is -4.29. The van der Waals surface area contributed by atoms with Crippen LogP contribution in [0.4, 0.5) is 0 Å². The van der Waals surface area contributed by atoms with Crippen molar-refractivity contribution in [1.82, 2.24) is 5.43 Å². The van der Waals surface area contributed by atoms with Gasteiger partial charge in [-0.25, -0.2) is 5.43 Å². The molecule has 0 saturated carbocycles. The molecule has 0 aliphatic heterocycles. The first kappa shape index (κ1) is 26.8. The molecular weight excluding hydrogens is 500 g/mol.